The fourth-order valence-corrected chi connectivity index (χ4v) is 1.15. The van der Waals surface area contributed by atoms with Gasteiger partial charge in [-0.3, -0.25) is 0 Å². The van der Waals surface area contributed by atoms with Gasteiger partial charge < -0.3 is 0 Å². The van der Waals surface area contributed by atoms with Crippen molar-refractivity contribution >= 4 is 10.7 Å². The second-order valence-electron chi connectivity index (χ2n) is 2.23. The molecule has 1 rings (SSSR count). The number of hydrogen-bond acceptors (Lipinski definition) is 2. The van der Waals surface area contributed by atoms with Crippen LogP contribution in [0.3, 0.4) is 0 Å². The first kappa shape index (κ1) is 10.0. The normalized spacial score (nSPS) is 12.0. The summed E-state index contributed by atoms with van der Waals surface area (Å²) in [6, 6.07) is 4.37. The Labute approximate surface area is 74.0 Å². The minimum atomic E-state index is -4.53. The van der Waals surface area contributed by atoms with Crippen LogP contribution in [0.15, 0.2) is 23.1 Å². The van der Waals surface area contributed by atoms with Crippen LogP contribution >= 0.6 is 0 Å². The molecule has 0 spiro atoms. The third-order valence-electron chi connectivity index (χ3n) is 1.31. The molecule has 0 atom stereocenters. The van der Waals surface area contributed by atoms with E-state index in [-0.39, 0.29) is 4.90 Å². The monoisotopic (exact) mass is 209 g/mol. The molecule has 1 aromatic rings. The number of hydrogen-bond donors (Lipinski definition) is 1. The van der Waals surface area contributed by atoms with Crippen LogP contribution in [-0.4, -0.2) is 8.42 Å². The van der Waals surface area contributed by atoms with E-state index in [1.807, 2.05) is 0 Å². The fourth-order valence-electron chi connectivity index (χ4n) is 0.729. The van der Waals surface area contributed by atoms with Crippen LogP contribution in [0.4, 0.5) is 13.2 Å². The van der Waals surface area contributed by atoms with E-state index in [1.165, 1.54) is 0 Å². The van der Waals surface area contributed by atoms with Crippen LogP contribution in [-0.2, 0) is 16.9 Å². The second kappa shape index (κ2) is 3.37. The summed E-state index contributed by atoms with van der Waals surface area (Å²) in [5.41, 5.74) is -1.01. The number of alkyl halides is 3. The molecule has 0 bridgehead atoms. The van der Waals surface area contributed by atoms with Gasteiger partial charge >= 0.3 is 6.18 Å². The molecule has 71 valence electrons. The van der Waals surface area contributed by atoms with E-state index in [0.717, 1.165) is 6.07 Å². The van der Waals surface area contributed by atoms with Crippen LogP contribution in [0.2, 0.25) is 0 Å². The van der Waals surface area contributed by atoms with Gasteiger partial charge in [0.25, 0.3) is 0 Å². The third-order valence-corrected chi connectivity index (χ3v) is 1.99. The standard InChI is InChI=1S/C7H4F3O2S/c8-7(9,10)5-2-1-3-6(4-5)13(11)12/h2-4,13H. The van der Waals surface area contributed by atoms with Crippen molar-refractivity contribution in [2.24, 2.45) is 0 Å². The molecule has 0 amide bonds. The first-order valence-corrected chi connectivity index (χ1v) is 4.32. The van der Waals surface area contributed by atoms with Crippen molar-refractivity contribution in [1.82, 2.24) is 0 Å². The van der Waals surface area contributed by atoms with E-state index < -0.39 is 22.4 Å². The molecule has 0 saturated heterocycles. The Morgan fingerprint density at radius 3 is 2.31 bits per heavy atom. The summed E-state index contributed by atoms with van der Waals surface area (Å²) >= 11 is 0. The van der Waals surface area contributed by atoms with Gasteiger partial charge in [0.2, 0.25) is 0 Å². The molecule has 0 aliphatic carbocycles. The lowest BCUT2D eigenvalue weighted by atomic mass is 10.2. The predicted octanol–water partition coefficient (Wildman–Crippen LogP) is 1.48. The first-order valence-electron chi connectivity index (χ1n) is 3.14. The van der Waals surface area contributed by atoms with Gasteiger partial charge in [0.15, 0.2) is 10.7 Å². The topological polar surface area (TPSA) is 34.1 Å². The van der Waals surface area contributed by atoms with E-state index >= 15 is 0 Å². The van der Waals surface area contributed by atoms with E-state index in [0.29, 0.717) is 12.1 Å². The highest BCUT2D eigenvalue weighted by Crippen LogP contribution is 2.29. The molecule has 0 aromatic heterocycles. The Morgan fingerprint density at radius 1 is 1.23 bits per heavy atom. The second-order valence-corrected chi connectivity index (χ2v) is 3.27. The van der Waals surface area contributed by atoms with Crippen molar-refractivity contribution in [3.05, 3.63) is 29.8 Å². The summed E-state index contributed by atoms with van der Waals surface area (Å²) in [5, 5.41) is 0. The van der Waals surface area contributed by atoms with Gasteiger partial charge in [0.1, 0.15) is 0 Å². The zero-order valence-electron chi connectivity index (χ0n) is 6.13. The summed E-state index contributed by atoms with van der Waals surface area (Å²) < 4.78 is 56.7. The van der Waals surface area contributed by atoms with Crippen LogP contribution in [0.1, 0.15) is 5.56 Å². The molecule has 0 aliphatic heterocycles. The lowest BCUT2D eigenvalue weighted by molar-refractivity contribution is -0.137. The molecule has 0 aliphatic rings. The fraction of sp³-hybridized carbons (Fsp3) is 0.143. The highest BCUT2D eigenvalue weighted by molar-refractivity contribution is 7.72. The highest BCUT2D eigenvalue weighted by atomic mass is 32.2. The number of halogens is 3. The summed E-state index contributed by atoms with van der Waals surface area (Å²) in [4.78, 5) is -0.384. The van der Waals surface area contributed by atoms with Gasteiger partial charge in [-0.25, -0.2) is 8.42 Å². The van der Waals surface area contributed by atoms with Crippen molar-refractivity contribution in [2.45, 2.75) is 11.1 Å². The van der Waals surface area contributed by atoms with E-state index in [2.05, 4.69) is 6.07 Å². The maximum absolute atomic E-state index is 12.0. The average molecular weight is 209 g/mol. The summed E-state index contributed by atoms with van der Waals surface area (Å²) in [5.74, 6) is 0. The molecule has 0 fully saturated rings. The van der Waals surface area contributed by atoms with Gasteiger partial charge in [0, 0.05) is 0 Å². The van der Waals surface area contributed by atoms with Crippen molar-refractivity contribution in [1.29, 1.82) is 0 Å². The Morgan fingerprint density at radius 2 is 1.85 bits per heavy atom. The molecule has 1 radical (unpaired) electrons. The number of thiol groups is 1. The van der Waals surface area contributed by atoms with Gasteiger partial charge in [-0.2, -0.15) is 13.2 Å². The van der Waals surface area contributed by atoms with Gasteiger partial charge in [0.05, 0.1) is 10.5 Å². The summed E-state index contributed by atoms with van der Waals surface area (Å²) in [6.45, 7) is 0. The minimum absolute atomic E-state index is 0.384. The number of rotatable bonds is 1. The van der Waals surface area contributed by atoms with Crippen molar-refractivity contribution in [3.63, 3.8) is 0 Å². The van der Waals surface area contributed by atoms with Crippen molar-refractivity contribution in [2.75, 3.05) is 0 Å². The third kappa shape index (κ3) is 2.45. The molecular weight excluding hydrogens is 205 g/mol. The molecule has 0 N–H and O–H groups in total. The Bertz CT molecular complexity index is 374. The molecule has 0 saturated carbocycles. The van der Waals surface area contributed by atoms with Crippen LogP contribution in [0, 0.1) is 6.07 Å². The van der Waals surface area contributed by atoms with Crippen molar-refractivity contribution < 1.29 is 21.6 Å². The Kier molecular flexibility index (Phi) is 2.60. The molecule has 6 heteroatoms. The molecular formula is C7H4F3O2S. The maximum Gasteiger partial charge on any atom is 0.416 e. The van der Waals surface area contributed by atoms with Crippen molar-refractivity contribution in [3.8, 4) is 0 Å². The molecule has 13 heavy (non-hydrogen) atoms. The van der Waals surface area contributed by atoms with E-state index in [1.54, 1.807) is 0 Å². The molecule has 0 heterocycles. The predicted molar refractivity (Wildman–Crippen MR) is 38.9 cm³/mol. The zero-order valence-corrected chi connectivity index (χ0v) is 7.02. The van der Waals surface area contributed by atoms with Gasteiger partial charge in [-0.1, -0.05) is 0 Å². The highest BCUT2D eigenvalue weighted by Gasteiger charge is 2.30. The minimum Gasteiger partial charge on any atom is -0.227 e. The largest absolute Gasteiger partial charge is 0.416 e. The number of benzene rings is 1. The first-order chi connectivity index (χ1) is 5.91. The van der Waals surface area contributed by atoms with Crippen LogP contribution < -0.4 is 0 Å². The molecule has 1 aromatic carbocycles. The zero-order chi connectivity index (χ0) is 10.1. The summed E-state index contributed by atoms with van der Waals surface area (Å²) in [7, 11) is -2.99. The van der Waals surface area contributed by atoms with Crippen LogP contribution in [0.5, 0.6) is 0 Å². The lowest BCUT2D eigenvalue weighted by Gasteiger charge is -2.05. The van der Waals surface area contributed by atoms with Gasteiger partial charge in [-0.15, -0.1) is 0 Å². The quantitative estimate of drug-likeness (QED) is 0.711. The van der Waals surface area contributed by atoms with Gasteiger partial charge in [-0.05, 0) is 24.3 Å². The van der Waals surface area contributed by atoms with Crippen LogP contribution in [0.25, 0.3) is 0 Å². The molecule has 0 unspecified atom stereocenters. The maximum atomic E-state index is 12.0. The van der Waals surface area contributed by atoms with E-state index in [4.69, 9.17) is 0 Å². The lowest BCUT2D eigenvalue weighted by Crippen LogP contribution is -2.04. The van der Waals surface area contributed by atoms with E-state index in [9.17, 15) is 21.6 Å². The Balaban J connectivity index is 3.21. The Hall–Kier alpha value is -1.04. The SMILES string of the molecule is O=[SH](=O)c1c[c]cc(C(F)(F)F)c1. The average Bonchev–Trinajstić information content (AvgIpc) is 2.03. The summed E-state index contributed by atoms with van der Waals surface area (Å²) in [6.07, 6.45) is -4.53. The smallest absolute Gasteiger partial charge is 0.227 e. The molecule has 2 nitrogen and oxygen atoms in total.